The van der Waals surface area contributed by atoms with Crippen molar-refractivity contribution in [2.24, 2.45) is 0 Å². The summed E-state index contributed by atoms with van der Waals surface area (Å²) in [5, 5.41) is -0.300. The Morgan fingerprint density at radius 3 is 2.44 bits per heavy atom. The summed E-state index contributed by atoms with van der Waals surface area (Å²) in [6.45, 7) is 2.22. The number of carbonyl (C=O) groups is 2. The van der Waals surface area contributed by atoms with Crippen LogP contribution in [-0.4, -0.2) is 34.8 Å². The molecular formula is C20H21NO3S. The molecule has 130 valence electrons. The van der Waals surface area contributed by atoms with Crippen molar-refractivity contribution in [2.75, 3.05) is 6.61 Å². The van der Waals surface area contributed by atoms with Crippen LogP contribution in [0.3, 0.4) is 0 Å². The first-order valence-electron chi connectivity index (χ1n) is 8.44. The minimum absolute atomic E-state index is 0.167. The fraction of sp³-hybridized carbons (Fsp3) is 0.300. The monoisotopic (exact) mass is 355 g/mol. The largest absolute Gasteiger partial charge is 0.447 e. The fourth-order valence-corrected chi connectivity index (χ4v) is 3.92. The van der Waals surface area contributed by atoms with Crippen LogP contribution < -0.4 is 0 Å². The molecule has 2 aromatic carbocycles. The zero-order chi connectivity index (χ0) is 17.6. The van der Waals surface area contributed by atoms with Crippen molar-refractivity contribution in [3.63, 3.8) is 0 Å². The van der Waals surface area contributed by atoms with Gasteiger partial charge in [0.15, 0.2) is 0 Å². The molecule has 0 aromatic heterocycles. The normalized spacial score (nSPS) is 18.0. The van der Waals surface area contributed by atoms with Gasteiger partial charge in [-0.2, -0.15) is 0 Å². The average Bonchev–Trinajstić information content (AvgIpc) is 3.01. The lowest BCUT2D eigenvalue weighted by atomic mass is 10.1. The van der Waals surface area contributed by atoms with E-state index in [1.807, 2.05) is 67.6 Å². The Morgan fingerprint density at radius 1 is 1.16 bits per heavy atom. The van der Waals surface area contributed by atoms with Crippen molar-refractivity contribution < 1.29 is 14.3 Å². The molecule has 0 N–H and O–H groups in total. The predicted molar refractivity (Wildman–Crippen MR) is 98.5 cm³/mol. The molecule has 2 amide bonds. The minimum Gasteiger partial charge on any atom is -0.447 e. The Morgan fingerprint density at radius 2 is 1.80 bits per heavy atom. The SMILES string of the molecule is CC[C@H](Sc1ccccc1)C(=O)N1C(=O)OC[C@@H]1Cc1ccccc1. The van der Waals surface area contributed by atoms with Crippen LogP contribution in [0.2, 0.25) is 0 Å². The van der Waals surface area contributed by atoms with Crippen molar-refractivity contribution in [3.8, 4) is 0 Å². The lowest BCUT2D eigenvalue weighted by Crippen LogP contribution is -2.44. The number of thioether (sulfide) groups is 1. The molecular weight excluding hydrogens is 334 g/mol. The highest BCUT2D eigenvalue weighted by Gasteiger charge is 2.40. The zero-order valence-corrected chi connectivity index (χ0v) is 14.9. The molecule has 1 aliphatic heterocycles. The molecule has 1 heterocycles. The molecule has 2 aromatic rings. The van der Waals surface area contributed by atoms with Crippen molar-refractivity contribution in [1.82, 2.24) is 4.90 Å². The van der Waals surface area contributed by atoms with Crippen LogP contribution >= 0.6 is 11.8 Å². The molecule has 0 spiro atoms. The van der Waals surface area contributed by atoms with E-state index in [-0.39, 0.29) is 23.8 Å². The summed E-state index contributed by atoms with van der Waals surface area (Å²) in [6.07, 6.45) is 0.739. The Kier molecular flexibility index (Phi) is 5.76. The van der Waals surface area contributed by atoms with E-state index in [1.165, 1.54) is 16.7 Å². The van der Waals surface area contributed by atoms with Gasteiger partial charge in [0.05, 0.1) is 11.3 Å². The van der Waals surface area contributed by atoms with E-state index in [0.29, 0.717) is 12.8 Å². The molecule has 1 aliphatic rings. The topological polar surface area (TPSA) is 46.6 Å². The number of carbonyl (C=O) groups excluding carboxylic acids is 2. The van der Waals surface area contributed by atoms with Crippen LogP contribution in [0.4, 0.5) is 4.79 Å². The van der Waals surface area contributed by atoms with Gasteiger partial charge < -0.3 is 4.74 Å². The second-order valence-corrected chi connectivity index (χ2v) is 7.23. The fourth-order valence-electron chi connectivity index (χ4n) is 2.89. The summed E-state index contributed by atoms with van der Waals surface area (Å²) < 4.78 is 5.17. The number of cyclic esters (lactones) is 1. The molecule has 0 saturated carbocycles. The third-order valence-corrected chi connectivity index (χ3v) is 5.54. The molecule has 0 bridgehead atoms. The Balaban J connectivity index is 1.74. The van der Waals surface area contributed by atoms with Gasteiger partial charge in [-0.25, -0.2) is 9.69 Å². The number of hydrogen-bond donors (Lipinski definition) is 0. The minimum atomic E-state index is -0.530. The van der Waals surface area contributed by atoms with Crippen molar-refractivity contribution >= 4 is 23.8 Å². The van der Waals surface area contributed by atoms with Gasteiger partial charge in [0.1, 0.15) is 6.61 Å². The summed E-state index contributed by atoms with van der Waals surface area (Å²) >= 11 is 1.50. The van der Waals surface area contributed by atoms with Gasteiger partial charge in [-0.05, 0) is 30.5 Å². The van der Waals surface area contributed by atoms with Crippen molar-refractivity contribution in [2.45, 2.75) is 36.0 Å². The maximum atomic E-state index is 13.0. The molecule has 5 heteroatoms. The van der Waals surface area contributed by atoms with Crippen LogP contribution in [0.1, 0.15) is 18.9 Å². The Hall–Kier alpha value is -2.27. The third kappa shape index (κ3) is 4.23. The van der Waals surface area contributed by atoms with Gasteiger partial charge in [-0.1, -0.05) is 55.5 Å². The van der Waals surface area contributed by atoms with E-state index in [1.54, 1.807) is 0 Å². The van der Waals surface area contributed by atoms with Gasteiger partial charge in [0, 0.05) is 4.90 Å². The second-order valence-electron chi connectivity index (χ2n) is 5.96. The maximum Gasteiger partial charge on any atom is 0.417 e. The smallest absolute Gasteiger partial charge is 0.417 e. The summed E-state index contributed by atoms with van der Waals surface area (Å²) in [7, 11) is 0. The van der Waals surface area contributed by atoms with Crippen LogP contribution in [0.5, 0.6) is 0 Å². The lowest BCUT2D eigenvalue weighted by Gasteiger charge is -2.24. The van der Waals surface area contributed by atoms with Gasteiger partial charge >= 0.3 is 6.09 Å². The van der Waals surface area contributed by atoms with E-state index in [9.17, 15) is 9.59 Å². The summed E-state index contributed by atoms with van der Waals surface area (Å²) in [4.78, 5) is 27.5. The van der Waals surface area contributed by atoms with Crippen molar-refractivity contribution in [1.29, 1.82) is 0 Å². The quantitative estimate of drug-likeness (QED) is 0.731. The number of benzene rings is 2. The second kappa shape index (κ2) is 8.21. The highest BCUT2D eigenvalue weighted by Crippen LogP contribution is 2.29. The molecule has 0 aliphatic carbocycles. The average molecular weight is 355 g/mol. The Labute approximate surface area is 152 Å². The first-order chi connectivity index (χ1) is 12.2. The van der Waals surface area contributed by atoms with E-state index in [2.05, 4.69) is 0 Å². The molecule has 2 atom stereocenters. The summed E-state index contributed by atoms with van der Waals surface area (Å²) in [5.74, 6) is -0.167. The molecule has 1 saturated heterocycles. The highest BCUT2D eigenvalue weighted by molar-refractivity contribution is 8.00. The molecule has 0 radical (unpaired) electrons. The zero-order valence-electron chi connectivity index (χ0n) is 14.1. The number of amides is 2. The number of nitrogens with zero attached hydrogens (tertiary/aromatic N) is 1. The van der Waals surface area contributed by atoms with Crippen LogP contribution in [0.25, 0.3) is 0 Å². The van der Waals surface area contributed by atoms with E-state index >= 15 is 0 Å². The van der Waals surface area contributed by atoms with Crippen LogP contribution in [0, 0.1) is 0 Å². The highest BCUT2D eigenvalue weighted by atomic mass is 32.2. The predicted octanol–water partition coefficient (Wildman–Crippen LogP) is 4.15. The van der Waals surface area contributed by atoms with Crippen molar-refractivity contribution in [3.05, 3.63) is 66.2 Å². The number of hydrogen-bond acceptors (Lipinski definition) is 4. The summed E-state index contributed by atoms with van der Waals surface area (Å²) in [5.41, 5.74) is 1.09. The number of rotatable bonds is 6. The number of ether oxygens (including phenoxy) is 1. The molecule has 1 fully saturated rings. The van der Waals surface area contributed by atoms with E-state index in [4.69, 9.17) is 4.74 Å². The molecule has 4 nitrogen and oxygen atoms in total. The van der Waals surface area contributed by atoms with Gasteiger partial charge in [-0.15, -0.1) is 11.8 Å². The first-order valence-corrected chi connectivity index (χ1v) is 9.32. The summed E-state index contributed by atoms with van der Waals surface area (Å²) in [6, 6.07) is 19.4. The van der Waals surface area contributed by atoms with Gasteiger partial charge in [0.2, 0.25) is 5.91 Å². The molecule has 3 rings (SSSR count). The maximum absolute atomic E-state index is 13.0. The van der Waals surface area contributed by atoms with Gasteiger partial charge in [-0.3, -0.25) is 4.79 Å². The van der Waals surface area contributed by atoms with E-state index < -0.39 is 6.09 Å². The Bertz CT molecular complexity index is 720. The van der Waals surface area contributed by atoms with Crippen LogP contribution in [0.15, 0.2) is 65.6 Å². The standard InChI is InChI=1S/C20H21NO3S/c1-2-18(25-17-11-7-4-8-12-17)19(22)21-16(14-24-20(21)23)13-15-9-5-3-6-10-15/h3-12,16,18H,2,13-14H2,1H3/t16-,18-/m0/s1. The number of imide groups is 1. The lowest BCUT2D eigenvalue weighted by molar-refractivity contribution is -0.128. The third-order valence-electron chi connectivity index (χ3n) is 4.18. The molecule has 0 unspecified atom stereocenters. The first kappa shape index (κ1) is 17.5. The molecule has 25 heavy (non-hydrogen) atoms. The van der Waals surface area contributed by atoms with Crippen LogP contribution in [-0.2, 0) is 16.0 Å². The van der Waals surface area contributed by atoms with E-state index in [0.717, 1.165) is 10.5 Å². The van der Waals surface area contributed by atoms with Gasteiger partial charge in [0.25, 0.3) is 0 Å².